The molecule has 2 nitrogen and oxygen atoms in total. The van der Waals surface area contributed by atoms with Crippen LogP contribution in [0.15, 0.2) is 23.3 Å². The van der Waals surface area contributed by atoms with Crippen LogP contribution in [0.25, 0.3) is 5.53 Å². The average Bonchev–Trinajstić information content (AvgIpc) is 1.95. The number of allylic oxidation sites excluding steroid dienone is 4. The van der Waals surface area contributed by atoms with Crippen LogP contribution in [0.1, 0.15) is 20.3 Å². The maximum Gasteiger partial charge on any atom is 0.296 e. The third kappa shape index (κ3) is 1.23. The van der Waals surface area contributed by atoms with Crippen molar-refractivity contribution in [2.24, 2.45) is 0 Å². The van der Waals surface area contributed by atoms with Gasteiger partial charge in [0.05, 0.1) is 6.42 Å². The lowest BCUT2D eigenvalue weighted by atomic mass is 10.00. The van der Waals surface area contributed by atoms with Crippen LogP contribution in [0.5, 0.6) is 0 Å². The van der Waals surface area contributed by atoms with E-state index in [9.17, 15) is 0 Å². The standard InChI is InChI=1S/C8H10N2/c1-6-3-4-8(10-9)5-7(6)2/h3,5H,4H2,1-2H3. The van der Waals surface area contributed by atoms with Crippen molar-refractivity contribution in [1.82, 2.24) is 0 Å². The Morgan fingerprint density at radius 2 is 2.10 bits per heavy atom. The molecule has 0 radical (unpaired) electrons. The van der Waals surface area contributed by atoms with Gasteiger partial charge in [0.1, 0.15) is 0 Å². The predicted octanol–water partition coefficient (Wildman–Crippen LogP) is 1.95. The zero-order valence-corrected chi connectivity index (χ0v) is 6.26. The van der Waals surface area contributed by atoms with Crippen molar-refractivity contribution >= 4 is 5.71 Å². The Morgan fingerprint density at radius 1 is 1.40 bits per heavy atom. The van der Waals surface area contributed by atoms with Crippen LogP contribution >= 0.6 is 0 Å². The zero-order chi connectivity index (χ0) is 7.56. The van der Waals surface area contributed by atoms with Crippen molar-refractivity contribution in [3.63, 3.8) is 0 Å². The Bertz CT molecular complexity index is 252. The second-order valence-electron chi connectivity index (χ2n) is 2.51. The fourth-order valence-electron chi connectivity index (χ4n) is 0.911. The maximum atomic E-state index is 8.41. The van der Waals surface area contributed by atoms with Crippen LogP contribution in [0, 0.1) is 0 Å². The first-order valence-corrected chi connectivity index (χ1v) is 3.30. The quantitative estimate of drug-likeness (QED) is 0.358. The summed E-state index contributed by atoms with van der Waals surface area (Å²) in [7, 11) is 0. The van der Waals surface area contributed by atoms with E-state index in [1.807, 2.05) is 13.0 Å². The van der Waals surface area contributed by atoms with Gasteiger partial charge in [-0.2, -0.15) is 4.79 Å². The molecule has 0 aromatic rings. The van der Waals surface area contributed by atoms with Crippen molar-refractivity contribution < 1.29 is 4.79 Å². The summed E-state index contributed by atoms with van der Waals surface area (Å²) in [5, 5.41) is 0. The van der Waals surface area contributed by atoms with Gasteiger partial charge in [-0.05, 0) is 19.4 Å². The van der Waals surface area contributed by atoms with Gasteiger partial charge in [-0.1, -0.05) is 11.6 Å². The Morgan fingerprint density at radius 3 is 2.60 bits per heavy atom. The third-order valence-electron chi connectivity index (χ3n) is 1.75. The van der Waals surface area contributed by atoms with Crippen molar-refractivity contribution in [3.8, 4) is 0 Å². The molecule has 0 bridgehead atoms. The molecule has 1 aliphatic rings. The van der Waals surface area contributed by atoms with Crippen LogP contribution in [0.2, 0.25) is 0 Å². The minimum absolute atomic E-state index is 0.739. The number of hydrogen-bond donors (Lipinski definition) is 0. The SMILES string of the molecule is CC1=CCC(=[N+]=[N-])C=C1C. The summed E-state index contributed by atoms with van der Waals surface area (Å²) < 4.78 is 0. The van der Waals surface area contributed by atoms with Gasteiger partial charge in [0.25, 0.3) is 5.71 Å². The van der Waals surface area contributed by atoms with Crippen LogP contribution in [0.3, 0.4) is 0 Å². The normalized spacial score (nSPS) is 17.6. The van der Waals surface area contributed by atoms with Crippen molar-refractivity contribution in [3.05, 3.63) is 28.8 Å². The second kappa shape index (κ2) is 2.63. The van der Waals surface area contributed by atoms with E-state index in [-0.39, 0.29) is 0 Å². The van der Waals surface area contributed by atoms with E-state index in [4.69, 9.17) is 5.53 Å². The summed E-state index contributed by atoms with van der Waals surface area (Å²) in [5.74, 6) is 0. The topological polar surface area (TPSA) is 36.4 Å². The molecule has 0 saturated carbocycles. The van der Waals surface area contributed by atoms with E-state index < -0.39 is 0 Å². The lowest BCUT2D eigenvalue weighted by Gasteiger charge is -2.03. The van der Waals surface area contributed by atoms with Crippen LogP contribution in [-0.2, 0) is 0 Å². The highest BCUT2D eigenvalue weighted by atomic mass is 14.8. The van der Waals surface area contributed by atoms with E-state index in [1.54, 1.807) is 0 Å². The molecule has 0 heterocycles. The maximum absolute atomic E-state index is 8.41. The van der Waals surface area contributed by atoms with E-state index in [0.29, 0.717) is 0 Å². The third-order valence-corrected chi connectivity index (χ3v) is 1.75. The van der Waals surface area contributed by atoms with Crippen LogP contribution < -0.4 is 0 Å². The fourth-order valence-corrected chi connectivity index (χ4v) is 0.911. The Kier molecular flexibility index (Phi) is 1.83. The Balaban J connectivity index is 2.97. The lowest BCUT2D eigenvalue weighted by molar-refractivity contribution is -0.00546. The molecule has 0 amide bonds. The van der Waals surface area contributed by atoms with Gasteiger partial charge in [0, 0.05) is 6.08 Å². The van der Waals surface area contributed by atoms with Gasteiger partial charge in [0.15, 0.2) is 0 Å². The second-order valence-corrected chi connectivity index (χ2v) is 2.51. The lowest BCUT2D eigenvalue weighted by Crippen LogP contribution is -2.00. The average molecular weight is 134 g/mol. The van der Waals surface area contributed by atoms with E-state index >= 15 is 0 Å². The largest absolute Gasteiger partial charge is 0.361 e. The summed E-state index contributed by atoms with van der Waals surface area (Å²) in [6.07, 6.45) is 4.71. The van der Waals surface area contributed by atoms with Gasteiger partial charge >= 0.3 is 0 Å². The van der Waals surface area contributed by atoms with Crippen LogP contribution in [-0.4, -0.2) is 10.5 Å². The van der Waals surface area contributed by atoms with Gasteiger partial charge < -0.3 is 5.53 Å². The summed E-state index contributed by atoms with van der Waals surface area (Å²) in [6.45, 7) is 4.07. The molecule has 1 rings (SSSR count). The first-order chi connectivity index (χ1) is 4.74. The highest BCUT2D eigenvalue weighted by Gasteiger charge is 2.09. The number of rotatable bonds is 0. The smallest absolute Gasteiger partial charge is 0.296 e. The van der Waals surface area contributed by atoms with E-state index in [1.165, 1.54) is 11.1 Å². The fraction of sp³-hybridized carbons (Fsp3) is 0.375. The highest BCUT2D eigenvalue weighted by molar-refractivity contribution is 5.94. The molecule has 0 aliphatic heterocycles. The molecule has 0 N–H and O–H groups in total. The molecule has 2 heteroatoms. The molecular weight excluding hydrogens is 124 g/mol. The minimum Gasteiger partial charge on any atom is -0.361 e. The summed E-state index contributed by atoms with van der Waals surface area (Å²) >= 11 is 0. The van der Waals surface area contributed by atoms with Crippen molar-refractivity contribution in [1.29, 1.82) is 0 Å². The number of hydrogen-bond acceptors (Lipinski definition) is 0. The Hall–Kier alpha value is -1.14. The molecule has 1 aliphatic carbocycles. The molecule has 0 atom stereocenters. The van der Waals surface area contributed by atoms with Gasteiger partial charge in [-0.25, -0.2) is 0 Å². The first-order valence-electron chi connectivity index (χ1n) is 3.30. The Labute approximate surface area is 60.5 Å². The van der Waals surface area contributed by atoms with Gasteiger partial charge in [-0.3, -0.25) is 0 Å². The molecule has 0 aromatic heterocycles. The molecule has 10 heavy (non-hydrogen) atoms. The summed E-state index contributed by atoms with van der Waals surface area (Å²) in [4.78, 5) is 3.13. The zero-order valence-electron chi connectivity index (χ0n) is 6.26. The van der Waals surface area contributed by atoms with Crippen LogP contribution in [0.4, 0.5) is 0 Å². The molecule has 0 aromatic carbocycles. The molecule has 0 saturated heterocycles. The summed E-state index contributed by atoms with van der Waals surface area (Å²) in [5.41, 5.74) is 11.6. The number of nitrogens with zero attached hydrogens (tertiary/aromatic N) is 2. The highest BCUT2D eigenvalue weighted by Crippen LogP contribution is 2.14. The first kappa shape index (κ1) is 6.97. The molecule has 52 valence electrons. The van der Waals surface area contributed by atoms with E-state index in [0.717, 1.165) is 12.1 Å². The monoisotopic (exact) mass is 134 g/mol. The van der Waals surface area contributed by atoms with Gasteiger partial charge in [0.2, 0.25) is 0 Å². The molecular formula is C8H10N2. The minimum atomic E-state index is 0.739. The molecule has 0 spiro atoms. The predicted molar refractivity (Wildman–Crippen MR) is 40.8 cm³/mol. The summed E-state index contributed by atoms with van der Waals surface area (Å²) in [6, 6.07) is 0. The van der Waals surface area contributed by atoms with Crippen molar-refractivity contribution in [2.45, 2.75) is 20.3 Å². The van der Waals surface area contributed by atoms with Crippen molar-refractivity contribution in [2.75, 3.05) is 0 Å². The van der Waals surface area contributed by atoms with Gasteiger partial charge in [-0.15, -0.1) is 0 Å². The van der Waals surface area contributed by atoms with E-state index in [2.05, 4.69) is 17.8 Å². The molecule has 0 unspecified atom stereocenters. The molecule has 0 fully saturated rings.